The Balaban J connectivity index is 0.000000143. The largest absolute Gasteiger partial charge is 0.309 e. The van der Waals surface area contributed by atoms with Crippen LogP contribution in [0.1, 0.15) is 0 Å². The first kappa shape index (κ1) is 73.2. The number of aromatic nitrogens is 8. The van der Waals surface area contributed by atoms with Crippen LogP contribution < -0.4 is 0 Å². The number of hydrogen-bond donors (Lipinski definition) is 0. The highest BCUT2D eigenvalue weighted by Gasteiger charge is 2.25. The molecule has 0 atom stereocenters. The summed E-state index contributed by atoms with van der Waals surface area (Å²) in [4.78, 5) is 30.5. The highest BCUT2D eigenvalue weighted by molar-refractivity contribution is 7.26. The molecule has 0 N–H and O–H groups in total. The molecule has 10 heteroatoms. The third-order valence-corrected chi connectivity index (χ3v) is 26.2. The van der Waals surface area contributed by atoms with Gasteiger partial charge in [0.25, 0.3) is 0 Å². The van der Waals surface area contributed by atoms with E-state index in [2.05, 4.69) is 373 Å². The third-order valence-electron chi connectivity index (χ3n) is 23.8. The van der Waals surface area contributed by atoms with E-state index in [4.69, 9.17) is 29.9 Å². The van der Waals surface area contributed by atoms with Crippen LogP contribution in [0.2, 0.25) is 0 Å². The van der Waals surface area contributed by atoms with E-state index in [1.165, 1.54) is 101 Å². The number of fused-ring (bicyclic) bond motifs is 12. The zero-order chi connectivity index (χ0) is 82.0. The Kier molecular flexibility index (Phi) is 18.5. The molecule has 0 bridgehead atoms. The summed E-state index contributed by atoms with van der Waals surface area (Å²) in [5.41, 5.74) is 26.2. The van der Waals surface area contributed by atoms with E-state index in [1.54, 1.807) is 0 Å². The van der Waals surface area contributed by atoms with Gasteiger partial charge in [-0.1, -0.05) is 358 Å². The van der Waals surface area contributed by atoms with Crippen LogP contribution in [0.3, 0.4) is 0 Å². The Morgan fingerprint density at radius 1 is 0.153 bits per heavy atom. The van der Waals surface area contributed by atoms with E-state index >= 15 is 0 Å². The lowest BCUT2D eigenvalue weighted by Crippen LogP contribution is -2.02. The smallest absolute Gasteiger partial charge is 0.164 e. The number of nitrogens with zero attached hydrogens (tertiary/aromatic N) is 8. The topological polar surface area (TPSA) is 87.2 Å². The van der Waals surface area contributed by atoms with Crippen molar-refractivity contribution in [2.24, 2.45) is 0 Å². The fraction of sp³-hybridized carbons (Fsp3) is 0. The molecule has 0 aliphatic carbocycles. The molecule has 18 aromatic carbocycles. The van der Waals surface area contributed by atoms with Crippen molar-refractivity contribution in [2.75, 3.05) is 0 Å². The Morgan fingerprint density at radius 2 is 0.427 bits per heavy atom. The lowest BCUT2D eigenvalue weighted by Gasteiger charge is -2.17. The van der Waals surface area contributed by atoms with Gasteiger partial charge in [0.1, 0.15) is 0 Å². The molecular weight excluding hydrogens is 1550 g/mol. The lowest BCUT2D eigenvalue weighted by molar-refractivity contribution is 1.07. The molecule has 0 unspecified atom stereocenters. The van der Waals surface area contributed by atoms with Crippen LogP contribution in [0.15, 0.2) is 437 Å². The predicted molar refractivity (Wildman–Crippen MR) is 519 cm³/mol. The number of para-hydroxylation sites is 2. The third kappa shape index (κ3) is 13.3. The molecule has 0 spiro atoms. The molecule has 124 heavy (non-hydrogen) atoms. The van der Waals surface area contributed by atoms with Gasteiger partial charge < -0.3 is 9.13 Å². The van der Waals surface area contributed by atoms with Crippen LogP contribution in [0.4, 0.5) is 0 Å². The van der Waals surface area contributed by atoms with E-state index in [0.29, 0.717) is 34.9 Å². The maximum atomic E-state index is 5.15. The SMILES string of the molecule is c1ccc(-c2ccc(-c3cc(-c4nc(-c5ccccc5)nc(-c5ccccc5)n4)ccc3-n3c4ccccc4c4ccc(-c5cccc6c5sc5ccccc56)cc43)cc2)cc1.c1ccc(-c2cccc(-c3cc(-c4nc(-c5ccccc5)nc(-c5ccccc5)n4)ccc3-n3c4ccccc4c4ccc(-c5cccc6c5sc5ccccc56)cc43)c2)cc1. The van der Waals surface area contributed by atoms with Gasteiger partial charge in [0.15, 0.2) is 34.9 Å². The van der Waals surface area contributed by atoms with Gasteiger partial charge in [0.05, 0.1) is 33.4 Å². The Bertz CT molecular complexity index is 8090. The van der Waals surface area contributed by atoms with Crippen molar-refractivity contribution in [3.63, 3.8) is 0 Å². The molecule has 24 rings (SSSR count). The van der Waals surface area contributed by atoms with Gasteiger partial charge in [-0.15, -0.1) is 22.7 Å². The van der Waals surface area contributed by atoms with Crippen LogP contribution in [-0.4, -0.2) is 39.0 Å². The maximum absolute atomic E-state index is 5.15. The minimum absolute atomic E-state index is 0.616. The Hall–Kier alpha value is -16.0. The molecule has 0 aliphatic heterocycles. The average molecular weight is 1620 g/mol. The zero-order valence-electron chi connectivity index (χ0n) is 67.0. The van der Waals surface area contributed by atoms with Crippen LogP contribution >= 0.6 is 22.7 Å². The number of hydrogen-bond acceptors (Lipinski definition) is 8. The van der Waals surface area contributed by atoms with Crippen LogP contribution in [-0.2, 0) is 0 Å². The summed E-state index contributed by atoms with van der Waals surface area (Å²) in [6.07, 6.45) is 0. The lowest BCUT2D eigenvalue weighted by atomic mass is 9.96. The van der Waals surface area contributed by atoms with Crippen molar-refractivity contribution in [1.29, 1.82) is 0 Å². The van der Waals surface area contributed by atoms with E-state index in [-0.39, 0.29) is 0 Å². The highest BCUT2D eigenvalue weighted by Crippen LogP contribution is 2.48. The van der Waals surface area contributed by atoms with Crippen LogP contribution in [0, 0.1) is 0 Å². The summed E-state index contributed by atoms with van der Waals surface area (Å²) in [5.74, 6) is 3.77. The number of benzene rings is 18. The summed E-state index contributed by atoms with van der Waals surface area (Å²) in [7, 11) is 0. The standard InChI is InChI=1S/2C57H36N4S/c1-4-16-37(17-5-1)40-22-14-23-41(34-40)49-35-43(57-59-55(38-18-6-2-7-19-38)58-56(60-57)39-20-8-3-9-21-39)31-33-51(49)61-50-28-12-10-24-45(50)46-32-30-42(36-52(46)61)44-26-15-27-48-47-25-11-13-29-53(47)62-54(44)48;1-4-15-37(16-5-1)38-27-29-39(30-28-38)49-35-43(57-59-55(40-17-6-2-7-18-40)58-56(60-57)41-19-8-3-9-20-41)32-34-51(49)61-50-25-12-10-21-45(50)46-33-31-42(36-52(46)61)44-23-14-24-48-47-22-11-13-26-53(47)62-54(44)48/h2*1-36H. The first-order valence-corrected chi connectivity index (χ1v) is 43.3. The van der Waals surface area contributed by atoms with Crippen molar-refractivity contribution in [3.8, 4) is 146 Å². The molecule has 6 heterocycles. The monoisotopic (exact) mass is 1620 g/mol. The van der Waals surface area contributed by atoms with Gasteiger partial charge in [-0.3, -0.25) is 0 Å². The summed E-state index contributed by atoms with van der Waals surface area (Å²) < 4.78 is 10.1. The summed E-state index contributed by atoms with van der Waals surface area (Å²) in [6.45, 7) is 0. The summed E-state index contributed by atoms with van der Waals surface area (Å²) >= 11 is 3.74. The van der Waals surface area contributed by atoms with Crippen LogP contribution in [0.5, 0.6) is 0 Å². The Morgan fingerprint density at radius 3 is 0.847 bits per heavy atom. The van der Waals surface area contributed by atoms with Gasteiger partial charge in [0, 0.05) is 106 Å². The van der Waals surface area contributed by atoms with Gasteiger partial charge in [0.2, 0.25) is 0 Å². The summed E-state index contributed by atoms with van der Waals surface area (Å²) in [5, 5.41) is 10.0. The van der Waals surface area contributed by atoms with Crippen molar-refractivity contribution in [3.05, 3.63) is 437 Å². The first-order valence-electron chi connectivity index (χ1n) is 41.7. The van der Waals surface area contributed by atoms with Crippen molar-refractivity contribution in [2.45, 2.75) is 0 Å². The van der Waals surface area contributed by atoms with Crippen LogP contribution in [0.25, 0.3) is 230 Å². The second kappa shape index (κ2) is 31.3. The van der Waals surface area contributed by atoms with Crippen molar-refractivity contribution in [1.82, 2.24) is 39.0 Å². The second-order valence-corrected chi connectivity index (χ2v) is 33.3. The maximum Gasteiger partial charge on any atom is 0.164 e. The Labute approximate surface area is 723 Å². The molecule has 6 aromatic heterocycles. The normalized spacial score (nSPS) is 11.5. The quantitative estimate of drug-likeness (QED) is 0.108. The van der Waals surface area contributed by atoms with Gasteiger partial charge in [-0.2, -0.15) is 0 Å². The molecule has 24 aromatic rings. The molecule has 0 saturated heterocycles. The minimum Gasteiger partial charge on any atom is -0.309 e. The number of rotatable bonds is 14. The van der Waals surface area contributed by atoms with E-state index in [1.807, 2.05) is 95.5 Å². The molecule has 0 amide bonds. The van der Waals surface area contributed by atoms with Crippen molar-refractivity contribution >= 4 is 107 Å². The molecule has 580 valence electrons. The first-order chi connectivity index (χ1) is 61.5. The molecule has 0 aliphatic rings. The minimum atomic E-state index is 0.616. The molecular formula is C114H72N8S2. The molecule has 0 fully saturated rings. The molecule has 8 nitrogen and oxygen atoms in total. The van der Waals surface area contributed by atoms with Gasteiger partial charge in [-0.25, -0.2) is 29.9 Å². The van der Waals surface area contributed by atoms with E-state index in [0.717, 1.165) is 94.6 Å². The van der Waals surface area contributed by atoms with Crippen molar-refractivity contribution < 1.29 is 0 Å². The fourth-order valence-electron chi connectivity index (χ4n) is 17.8. The fourth-order valence-corrected chi connectivity index (χ4v) is 20.3. The molecule has 0 radical (unpaired) electrons. The predicted octanol–water partition coefficient (Wildman–Crippen LogP) is 30.7. The average Bonchev–Trinajstić information content (AvgIpc) is 1.58. The highest BCUT2D eigenvalue weighted by atomic mass is 32.1. The number of thiophene rings is 2. The van der Waals surface area contributed by atoms with E-state index < -0.39 is 0 Å². The van der Waals surface area contributed by atoms with Gasteiger partial charge >= 0.3 is 0 Å². The summed E-state index contributed by atoms with van der Waals surface area (Å²) in [6, 6.07) is 155. The molecule has 0 saturated carbocycles. The van der Waals surface area contributed by atoms with Gasteiger partial charge in [-0.05, 0) is 134 Å². The second-order valence-electron chi connectivity index (χ2n) is 31.2. The van der Waals surface area contributed by atoms with E-state index in [9.17, 15) is 0 Å². The zero-order valence-corrected chi connectivity index (χ0v) is 68.6.